The molecule has 0 aromatic rings. The number of ether oxygens (including phenoxy) is 1. The maximum absolute atomic E-state index is 10.9. The second-order valence-corrected chi connectivity index (χ2v) is 5.73. The molecule has 0 amide bonds. The number of hydrogen-bond donors (Lipinski definition) is 1. The van der Waals surface area contributed by atoms with Gasteiger partial charge < -0.3 is 9.84 Å². The van der Waals surface area contributed by atoms with Crippen LogP contribution in [-0.2, 0) is 9.53 Å². The number of aliphatic hydroxyl groups excluding tert-OH is 1. The van der Waals surface area contributed by atoms with E-state index in [9.17, 15) is 9.90 Å². The molecule has 0 bridgehead atoms. The Morgan fingerprint density at radius 1 is 0.958 bits per heavy atom. The molecule has 0 aliphatic rings. The summed E-state index contributed by atoms with van der Waals surface area (Å²) in [5, 5.41) is 9.65. The molecule has 24 heavy (non-hydrogen) atoms. The summed E-state index contributed by atoms with van der Waals surface area (Å²) in [5.41, 5.74) is 0. The summed E-state index contributed by atoms with van der Waals surface area (Å²) in [7, 11) is 1.42. The number of rotatable bonds is 14. The highest BCUT2D eigenvalue weighted by Crippen LogP contribution is 2.02. The summed E-state index contributed by atoms with van der Waals surface area (Å²) in [6.45, 7) is 2.13. The lowest BCUT2D eigenvalue weighted by molar-refractivity contribution is -0.140. The molecular weight excluding hydrogens is 300 g/mol. The zero-order valence-electron chi connectivity index (χ0n) is 15.3. The van der Waals surface area contributed by atoms with E-state index in [4.69, 9.17) is 0 Å². The van der Waals surface area contributed by atoms with Gasteiger partial charge in [-0.05, 0) is 38.5 Å². The van der Waals surface area contributed by atoms with Crippen LogP contribution in [0, 0.1) is 0 Å². The van der Waals surface area contributed by atoms with Crippen LogP contribution in [0.1, 0.15) is 64.7 Å². The Hall–Kier alpha value is -1.61. The minimum atomic E-state index is -0.294. The molecule has 0 aromatic heterocycles. The van der Waals surface area contributed by atoms with E-state index >= 15 is 0 Å². The van der Waals surface area contributed by atoms with Crippen LogP contribution in [-0.4, -0.2) is 24.3 Å². The van der Waals surface area contributed by atoms with Crippen molar-refractivity contribution in [2.45, 2.75) is 70.8 Å². The number of aliphatic hydroxyl groups is 1. The first-order valence-corrected chi connectivity index (χ1v) is 9.07. The van der Waals surface area contributed by atoms with Crippen LogP contribution in [0.25, 0.3) is 0 Å². The molecule has 1 unspecified atom stereocenters. The number of carbonyl (C=O) groups excluding carboxylic acids is 1. The second kappa shape index (κ2) is 17.7. The number of allylic oxidation sites excluding steroid dienone is 7. The third-order valence-electron chi connectivity index (χ3n) is 3.51. The summed E-state index contributed by atoms with van der Waals surface area (Å²) in [6.07, 6.45) is 24.4. The van der Waals surface area contributed by atoms with Gasteiger partial charge in [0.25, 0.3) is 0 Å². The van der Waals surface area contributed by atoms with Crippen LogP contribution in [0.5, 0.6) is 0 Å². The molecule has 0 radical (unpaired) electrons. The minimum absolute atomic E-state index is 0.139. The smallest absolute Gasteiger partial charge is 0.305 e. The van der Waals surface area contributed by atoms with Gasteiger partial charge in [-0.2, -0.15) is 0 Å². The fourth-order valence-corrected chi connectivity index (χ4v) is 2.05. The van der Waals surface area contributed by atoms with Crippen molar-refractivity contribution in [2.75, 3.05) is 7.11 Å². The number of methoxy groups -OCH3 is 1. The second-order valence-electron chi connectivity index (χ2n) is 5.73. The molecule has 3 heteroatoms. The van der Waals surface area contributed by atoms with E-state index in [-0.39, 0.29) is 12.1 Å². The Morgan fingerprint density at radius 3 is 2.12 bits per heavy atom. The summed E-state index contributed by atoms with van der Waals surface area (Å²) in [4.78, 5) is 10.9. The maximum Gasteiger partial charge on any atom is 0.305 e. The molecule has 0 fully saturated rings. The van der Waals surface area contributed by atoms with E-state index in [1.54, 1.807) is 0 Å². The van der Waals surface area contributed by atoms with Gasteiger partial charge in [0, 0.05) is 6.42 Å². The summed E-state index contributed by atoms with van der Waals surface area (Å²) >= 11 is 0. The van der Waals surface area contributed by atoms with Crippen LogP contribution in [0.15, 0.2) is 48.6 Å². The van der Waals surface area contributed by atoms with Gasteiger partial charge in [0.15, 0.2) is 0 Å². The standard InChI is InChI=1S/C21H34O3/c1-3-4-17-20(22)18-15-13-11-9-7-5-6-8-10-12-14-16-19-21(23)24-2/h5-6,9-12,15,18,20,22H,3-4,7-8,13-14,16-17,19H2,1-2H3. The molecule has 0 heterocycles. The van der Waals surface area contributed by atoms with Crippen molar-refractivity contribution in [3.05, 3.63) is 48.6 Å². The largest absolute Gasteiger partial charge is 0.469 e. The maximum atomic E-state index is 10.9. The normalized spacial score (nSPS) is 13.6. The van der Waals surface area contributed by atoms with Crippen molar-refractivity contribution >= 4 is 5.97 Å². The number of unbranched alkanes of at least 4 members (excludes halogenated alkanes) is 2. The Bertz CT molecular complexity index is 405. The SMILES string of the molecule is CCCCC(O)C=CCC=CCC=CCC=CCCCC(=O)OC. The molecule has 1 N–H and O–H groups in total. The van der Waals surface area contributed by atoms with Crippen molar-refractivity contribution in [3.8, 4) is 0 Å². The molecule has 0 aromatic carbocycles. The van der Waals surface area contributed by atoms with Gasteiger partial charge in [-0.25, -0.2) is 0 Å². The zero-order chi connectivity index (χ0) is 17.9. The number of esters is 1. The zero-order valence-corrected chi connectivity index (χ0v) is 15.3. The minimum Gasteiger partial charge on any atom is -0.469 e. The molecule has 0 aliphatic carbocycles. The van der Waals surface area contributed by atoms with E-state index in [0.29, 0.717) is 6.42 Å². The predicted molar refractivity (Wildman–Crippen MR) is 102 cm³/mol. The first-order valence-electron chi connectivity index (χ1n) is 9.07. The Kier molecular flexibility index (Phi) is 16.5. The highest BCUT2D eigenvalue weighted by Gasteiger charge is 1.96. The first-order chi connectivity index (χ1) is 11.7. The molecule has 0 saturated carbocycles. The van der Waals surface area contributed by atoms with Crippen molar-refractivity contribution in [2.24, 2.45) is 0 Å². The lowest BCUT2D eigenvalue weighted by atomic mass is 10.1. The van der Waals surface area contributed by atoms with Crippen molar-refractivity contribution in [1.29, 1.82) is 0 Å². The van der Waals surface area contributed by atoms with Crippen LogP contribution in [0.2, 0.25) is 0 Å². The highest BCUT2D eigenvalue weighted by molar-refractivity contribution is 5.69. The Morgan fingerprint density at radius 2 is 1.54 bits per heavy atom. The van der Waals surface area contributed by atoms with Gasteiger partial charge in [-0.15, -0.1) is 0 Å². The molecule has 0 aliphatic heterocycles. The highest BCUT2D eigenvalue weighted by atomic mass is 16.5. The molecule has 0 rings (SSSR count). The number of carbonyl (C=O) groups is 1. The molecular formula is C21H34O3. The number of hydrogen-bond acceptors (Lipinski definition) is 3. The third kappa shape index (κ3) is 16.8. The van der Waals surface area contributed by atoms with E-state index in [2.05, 4.69) is 48.1 Å². The summed E-state index contributed by atoms with van der Waals surface area (Å²) in [5.74, 6) is -0.139. The van der Waals surface area contributed by atoms with E-state index in [0.717, 1.165) is 51.4 Å². The third-order valence-corrected chi connectivity index (χ3v) is 3.51. The van der Waals surface area contributed by atoms with Crippen molar-refractivity contribution in [3.63, 3.8) is 0 Å². The van der Waals surface area contributed by atoms with E-state index in [1.165, 1.54) is 7.11 Å². The first kappa shape index (κ1) is 22.4. The lowest BCUT2D eigenvalue weighted by Crippen LogP contribution is -2.00. The predicted octanol–water partition coefficient (Wildman–Crippen LogP) is 5.28. The monoisotopic (exact) mass is 334 g/mol. The Balaban J connectivity index is 3.54. The molecule has 0 saturated heterocycles. The molecule has 1 atom stereocenters. The fraction of sp³-hybridized carbons (Fsp3) is 0.571. The van der Waals surface area contributed by atoms with Gasteiger partial charge in [-0.3, -0.25) is 4.79 Å². The van der Waals surface area contributed by atoms with Gasteiger partial charge in [-0.1, -0.05) is 68.4 Å². The summed E-state index contributed by atoms with van der Waals surface area (Å²) in [6, 6.07) is 0. The van der Waals surface area contributed by atoms with Crippen molar-refractivity contribution in [1.82, 2.24) is 0 Å². The lowest BCUT2D eigenvalue weighted by Gasteiger charge is -2.02. The van der Waals surface area contributed by atoms with Crippen LogP contribution >= 0.6 is 0 Å². The van der Waals surface area contributed by atoms with Gasteiger partial charge in [0.2, 0.25) is 0 Å². The van der Waals surface area contributed by atoms with Gasteiger partial charge in [0.1, 0.15) is 0 Å². The average molecular weight is 335 g/mol. The molecule has 3 nitrogen and oxygen atoms in total. The quantitative estimate of drug-likeness (QED) is 0.267. The summed E-state index contributed by atoms with van der Waals surface area (Å²) < 4.78 is 4.59. The van der Waals surface area contributed by atoms with Gasteiger partial charge in [0.05, 0.1) is 13.2 Å². The van der Waals surface area contributed by atoms with Crippen LogP contribution in [0.4, 0.5) is 0 Å². The van der Waals surface area contributed by atoms with Gasteiger partial charge >= 0.3 is 5.97 Å². The van der Waals surface area contributed by atoms with Crippen LogP contribution < -0.4 is 0 Å². The van der Waals surface area contributed by atoms with Crippen LogP contribution in [0.3, 0.4) is 0 Å². The van der Waals surface area contributed by atoms with E-state index in [1.807, 2.05) is 12.2 Å². The molecule has 0 spiro atoms. The Labute approximate surface area is 147 Å². The topological polar surface area (TPSA) is 46.5 Å². The average Bonchev–Trinajstić information content (AvgIpc) is 2.59. The van der Waals surface area contributed by atoms with Crippen molar-refractivity contribution < 1.29 is 14.6 Å². The molecule has 136 valence electrons. The fourth-order valence-electron chi connectivity index (χ4n) is 2.05. The van der Waals surface area contributed by atoms with E-state index < -0.39 is 0 Å².